The number of hydrogen-bond donors (Lipinski definition) is 2. The van der Waals surface area contributed by atoms with Gasteiger partial charge in [-0.1, -0.05) is 19.3 Å². The highest BCUT2D eigenvalue weighted by Gasteiger charge is 2.34. The third-order valence-electron chi connectivity index (χ3n) is 6.38. The lowest BCUT2D eigenvalue weighted by molar-refractivity contribution is 0.239. The molecule has 4 aliphatic rings. The van der Waals surface area contributed by atoms with Gasteiger partial charge in [-0.25, -0.2) is 8.42 Å². The van der Waals surface area contributed by atoms with Crippen LogP contribution in [0.15, 0.2) is 4.99 Å². The van der Waals surface area contributed by atoms with Gasteiger partial charge in [0, 0.05) is 18.6 Å². The number of aliphatic imine (C=N–C) groups is 1. The molecule has 0 aromatic heterocycles. The highest BCUT2D eigenvalue weighted by atomic mass is 127. The maximum absolute atomic E-state index is 11.6. The molecular formula is C18H32IN3O2S. The third kappa shape index (κ3) is 5.47. The zero-order valence-electron chi connectivity index (χ0n) is 15.0. The van der Waals surface area contributed by atoms with Crippen LogP contribution in [0.1, 0.15) is 57.8 Å². The summed E-state index contributed by atoms with van der Waals surface area (Å²) in [6, 6.07) is 1.12. The summed E-state index contributed by atoms with van der Waals surface area (Å²) in [5, 5.41) is 7.21. The van der Waals surface area contributed by atoms with E-state index in [1.807, 2.05) is 0 Å². The number of hydrogen-bond acceptors (Lipinski definition) is 3. The Morgan fingerprint density at radius 3 is 2.36 bits per heavy atom. The fourth-order valence-corrected chi connectivity index (χ4v) is 6.67. The first kappa shape index (κ1) is 19.7. The van der Waals surface area contributed by atoms with Crippen molar-refractivity contribution in [2.75, 3.05) is 18.1 Å². The van der Waals surface area contributed by atoms with Gasteiger partial charge in [-0.3, -0.25) is 4.99 Å². The predicted molar refractivity (Wildman–Crippen MR) is 112 cm³/mol. The Hall–Kier alpha value is -0.0500. The monoisotopic (exact) mass is 481 g/mol. The molecule has 4 unspecified atom stereocenters. The molecule has 2 N–H and O–H groups in total. The zero-order chi connectivity index (χ0) is 16.6. The Labute approximate surface area is 169 Å². The Balaban J connectivity index is 0.00000182. The number of rotatable bonds is 4. The predicted octanol–water partition coefficient (Wildman–Crippen LogP) is 2.71. The molecule has 7 heteroatoms. The van der Waals surface area contributed by atoms with Gasteiger partial charge in [0.25, 0.3) is 0 Å². The fraction of sp³-hybridized carbons (Fsp3) is 0.944. The molecule has 0 radical (unpaired) electrons. The molecule has 144 valence electrons. The summed E-state index contributed by atoms with van der Waals surface area (Å²) in [4.78, 5) is 4.76. The molecule has 3 saturated carbocycles. The molecule has 3 aliphatic carbocycles. The van der Waals surface area contributed by atoms with Crippen molar-refractivity contribution >= 4 is 39.8 Å². The van der Waals surface area contributed by atoms with E-state index in [0.717, 1.165) is 24.2 Å². The summed E-state index contributed by atoms with van der Waals surface area (Å²) in [5.74, 6) is 3.70. The molecule has 4 atom stereocenters. The second-order valence-corrected chi connectivity index (χ2v) is 10.7. The first-order valence-corrected chi connectivity index (χ1v) is 11.7. The molecule has 4 fully saturated rings. The van der Waals surface area contributed by atoms with Crippen molar-refractivity contribution in [1.29, 1.82) is 0 Å². The minimum Gasteiger partial charge on any atom is -0.354 e. The van der Waals surface area contributed by atoms with Crippen LogP contribution < -0.4 is 10.6 Å². The Morgan fingerprint density at radius 2 is 1.64 bits per heavy atom. The smallest absolute Gasteiger partial charge is 0.191 e. The molecule has 0 bridgehead atoms. The maximum Gasteiger partial charge on any atom is 0.191 e. The highest BCUT2D eigenvalue weighted by Crippen LogP contribution is 2.42. The van der Waals surface area contributed by atoms with Gasteiger partial charge in [-0.15, -0.1) is 24.0 Å². The van der Waals surface area contributed by atoms with E-state index in [1.54, 1.807) is 0 Å². The molecule has 1 saturated heterocycles. The third-order valence-corrected chi connectivity index (χ3v) is 8.22. The van der Waals surface area contributed by atoms with Gasteiger partial charge in [0.15, 0.2) is 15.8 Å². The molecule has 4 rings (SSSR count). The summed E-state index contributed by atoms with van der Waals surface area (Å²) >= 11 is 0. The second-order valence-electron chi connectivity index (χ2n) is 8.48. The molecule has 0 spiro atoms. The number of halogens is 1. The zero-order valence-corrected chi connectivity index (χ0v) is 18.1. The first-order chi connectivity index (χ1) is 11.6. The first-order valence-electron chi connectivity index (χ1n) is 9.85. The van der Waals surface area contributed by atoms with E-state index in [1.165, 1.54) is 51.4 Å². The minimum absolute atomic E-state index is 0. The number of sulfone groups is 1. The van der Waals surface area contributed by atoms with Crippen molar-refractivity contribution in [3.8, 4) is 0 Å². The molecule has 25 heavy (non-hydrogen) atoms. The van der Waals surface area contributed by atoms with Crippen LogP contribution >= 0.6 is 24.0 Å². The van der Waals surface area contributed by atoms with Crippen molar-refractivity contribution in [1.82, 2.24) is 10.6 Å². The van der Waals surface area contributed by atoms with Crippen molar-refractivity contribution in [3.05, 3.63) is 0 Å². The second kappa shape index (κ2) is 8.31. The van der Waals surface area contributed by atoms with Crippen LogP contribution in [0.4, 0.5) is 0 Å². The molecule has 1 aliphatic heterocycles. The van der Waals surface area contributed by atoms with E-state index in [4.69, 9.17) is 4.99 Å². The van der Waals surface area contributed by atoms with Crippen LogP contribution in [-0.2, 0) is 9.84 Å². The van der Waals surface area contributed by atoms with Crippen LogP contribution in [0.2, 0.25) is 0 Å². The summed E-state index contributed by atoms with van der Waals surface area (Å²) in [5.41, 5.74) is 0. The van der Waals surface area contributed by atoms with Gasteiger partial charge in [0.1, 0.15) is 0 Å². The summed E-state index contributed by atoms with van der Waals surface area (Å²) in [6.07, 6.45) is 11.4. The van der Waals surface area contributed by atoms with Crippen LogP contribution in [0, 0.1) is 17.8 Å². The molecule has 0 amide bonds. The van der Waals surface area contributed by atoms with Crippen LogP contribution in [-0.4, -0.2) is 44.5 Å². The van der Waals surface area contributed by atoms with Gasteiger partial charge in [-0.2, -0.15) is 0 Å². The number of nitrogens with zero attached hydrogens (tertiary/aromatic N) is 1. The van der Waals surface area contributed by atoms with E-state index in [9.17, 15) is 8.42 Å². The van der Waals surface area contributed by atoms with E-state index >= 15 is 0 Å². The van der Waals surface area contributed by atoms with Gasteiger partial charge < -0.3 is 10.6 Å². The summed E-state index contributed by atoms with van der Waals surface area (Å²) in [6.45, 7) is 0.639. The number of guanidine groups is 1. The van der Waals surface area contributed by atoms with Crippen molar-refractivity contribution in [3.63, 3.8) is 0 Å². The summed E-state index contributed by atoms with van der Waals surface area (Å²) < 4.78 is 23.2. The van der Waals surface area contributed by atoms with Gasteiger partial charge >= 0.3 is 0 Å². The average molecular weight is 481 g/mol. The lowest BCUT2D eigenvalue weighted by Gasteiger charge is -2.33. The largest absolute Gasteiger partial charge is 0.354 e. The van der Waals surface area contributed by atoms with Crippen LogP contribution in [0.25, 0.3) is 0 Å². The Morgan fingerprint density at radius 1 is 0.920 bits per heavy atom. The number of nitrogens with one attached hydrogen (secondary N) is 2. The minimum atomic E-state index is -2.80. The normalized spacial score (nSPS) is 37.2. The van der Waals surface area contributed by atoms with Gasteiger partial charge in [0.2, 0.25) is 0 Å². The van der Waals surface area contributed by atoms with E-state index in [-0.39, 0.29) is 29.9 Å². The van der Waals surface area contributed by atoms with E-state index in [0.29, 0.717) is 30.1 Å². The quantitative estimate of drug-likeness (QED) is 0.368. The van der Waals surface area contributed by atoms with Crippen LogP contribution in [0.5, 0.6) is 0 Å². The summed E-state index contributed by atoms with van der Waals surface area (Å²) in [7, 11) is -2.80. The van der Waals surface area contributed by atoms with E-state index < -0.39 is 9.84 Å². The average Bonchev–Trinajstić information content (AvgIpc) is 3.11. The van der Waals surface area contributed by atoms with Crippen LogP contribution in [0.3, 0.4) is 0 Å². The van der Waals surface area contributed by atoms with Crippen molar-refractivity contribution in [2.45, 2.75) is 69.9 Å². The van der Waals surface area contributed by atoms with Crippen molar-refractivity contribution in [2.24, 2.45) is 22.7 Å². The number of fused-ring (bicyclic) bond motifs is 1. The standard InChI is InChI=1S/C18H31N3O2S.HI/c22-24(23)9-8-13(12-24)11-19-18(20-16-6-7-16)21-17-5-4-14-2-1-3-15(14)10-17;/h13-17H,1-12H2,(H2,19,20,21);1H. The van der Waals surface area contributed by atoms with Crippen molar-refractivity contribution < 1.29 is 8.42 Å². The topological polar surface area (TPSA) is 70.6 Å². The lowest BCUT2D eigenvalue weighted by Crippen LogP contribution is -2.47. The maximum atomic E-state index is 11.6. The van der Waals surface area contributed by atoms with Gasteiger partial charge in [0.05, 0.1) is 11.5 Å². The van der Waals surface area contributed by atoms with Gasteiger partial charge in [-0.05, 0) is 56.3 Å². The van der Waals surface area contributed by atoms with E-state index in [2.05, 4.69) is 10.6 Å². The highest BCUT2D eigenvalue weighted by molar-refractivity contribution is 14.0. The molecular weight excluding hydrogens is 449 g/mol. The SMILES string of the molecule is I.O=S1(=O)CCC(CN=C(NC2CC2)NC2CCC3CCCC3C2)C1. The Bertz CT molecular complexity index is 591. The Kier molecular flexibility index (Phi) is 6.55. The fourth-order valence-electron chi connectivity index (χ4n) is 4.82. The lowest BCUT2D eigenvalue weighted by atomic mass is 9.79. The molecule has 5 nitrogen and oxygen atoms in total. The molecule has 0 aromatic rings. The molecule has 1 heterocycles. The molecule has 0 aromatic carbocycles.